The number of rotatable bonds is 14. The van der Waals surface area contributed by atoms with Gasteiger partial charge in [0, 0.05) is 31.7 Å². The molecule has 3 atom stereocenters. The van der Waals surface area contributed by atoms with Crippen molar-refractivity contribution in [1.82, 2.24) is 4.90 Å². The van der Waals surface area contributed by atoms with Crippen LogP contribution in [0.5, 0.6) is 0 Å². The van der Waals surface area contributed by atoms with Crippen molar-refractivity contribution in [3.8, 4) is 0 Å². The van der Waals surface area contributed by atoms with E-state index in [4.69, 9.17) is 14.6 Å². The molecule has 1 aliphatic heterocycles. The second-order valence-electron chi connectivity index (χ2n) is 7.33. The minimum atomic E-state index is -0.582. The topological polar surface area (TPSA) is 93.1 Å². The molecule has 0 spiro atoms. The molecule has 0 fully saturated rings. The number of imide groups is 1. The molecule has 0 bridgehead atoms. The summed E-state index contributed by atoms with van der Waals surface area (Å²) in [5.74, 6) is -0.221. The monoisotopic (exact) mass is 383 g/mol. The third-order valence-electron chi connectivity index (χ3n) is 4.54. The Bertz CT molecular complexity index is 501. The van der Waals surface area contributed by atoms with E-state index in [1.54, 1.807) is 6.92 Å². The molecule has 1 rings (SSSR count). The average molecular weight is 383 g/mol. The van der Waals surface area contributed by atoms with Gasteiger partial charge in [-0.3, -0.25) is 19.3 Å². The Balaban J connectivity index is 2.05. The molecule has 0 saturated carbocycles. The van der Waals surface area contributed by atoms with Crippen molar-refractivity contribution in [3.63, 3.8) is 0 Å². The fraction of sp³-hybridized carbons (Fsp3) is 0.750. The van der Waals surface area contributed by atoms with Gasteiger partial charge in [0.2, 0.25) is 0 Å². The number of carbonyl (C=O) groups is 3. The summed E-state index contributed by atoms with van der Waals surface area (Å²) in [7, 11) is 0. The molecule has 0 saturated heterocycles. The summed E-state index contributed by atoms with van der Waals surface area (Å²) in [5.41, 5.74) is 0. The van der Waals surface area contributed by atoms with Crippen LogP contribution < -0.4 is 0 Å². The van der Waals surface area contributed by atoms with Crippen LogP contribution in [0.25, 0.3) is 0 Å². The fourth-order valence-corrected chi connectivity index (χ4v) is 2.69. The highest BCUT2D eigenvalue weighted by Crippen LogP contribution is 2.14. The van der Waals surface area contributed by atoms with Crippen LogP contribution in [0.4, 0.5) is 0 Å². The summed E-state index contributed by atoms with van der Waals surface area (Å²) in [5, 5.41) is 9.02. The summed E-state index contributed by atoms with van der Waals surface area (Å²) >= 11 is 0. The van der Waals surface area contributed by atoms with Gasteiger partial charge in [-0.1, -0.05) is 20.3 Å². The zero-order valence-corrected chi connectivity index (χ0v) is 16.7. The molecule has 0 aliphatic carbocycles. The number of aliphatic hydroxyl groups excluding tert-OH is 1. The highest BCUT2D eigenvalue weighted by Gasteiger charge is 2.22. The molecule has 1 heterocycles. The van der Waals surface area contributed by atoms with Crippen molar-refractivity contribution in [3.05, 3.63) is 12.2 Å². The second-order valence-corrected chi connectivity index (χ2v) is 7.33. The quantitative estimate of drug-likeness (QED) is 0.214. The second kappa shape index (κ2) is 12.6. The first-order valence-electron chi connectivity index (χ1n) is 9.79. The Hall–Kier alpha value is -1.73. The molecule has 0 aromatic rings. The van der Waals surface area contributed by atoms with Crippen LogP contribution >= 0.6 is 0 Å². The first kappa shape index (κ1) is 23.3. The van der Waals surface area contributed by atoms with Gasteiger partial charge in [0.1, 0.15) is 0 Å². The van der Waals surface area contributed by atoms with E-state index in [1.807, 2.05) is 6.92 Å². The highest BCUT2D eigenvalue weighted by molar-refractivity contribution is 6.12. The Morgan fingerprint density at radius 3 is 2.30 bits per heavy atom. The minimum Gasteiger partial charge on any atom is -0.436 e. The van der Waals surface area contributed by atoms with Crippen LogP contribution in [0.2, 0.25) is 0 Å². The van der Waals surface area contributed by atoms with Crippen molar-refractivity contribution in [2.75, 3.05) is 19.8 Å². The van der Waals surface area contributed by atoms with Crippen molar-refractivity contribution in [1.29, 1.82) is 0 Å². The standard InChI is InChI=1S/C20H33NO6/c1-15(13-22)8-9-16(2)14-26-17(3)27-20(25)7-5-4-6-12-21-18(23)10-11-19(21)24/h10-11,15-17,22H,4-9,12-14H2,1-3H3. The number of esters is 1. The Labute approximate surface area is 161 Å². The number of aliphatic hydroxyl groups is 1. The molecule has 154 valence electrons. The van der Waals surface area contributed by atoms with E-state index in [0.29, 0.717) is 37.8 Å². The van der Waals surface area contributed by atoms with E-state index < -0.39 is 6.29 Å². The van der Waals surface area contributed by atoms with E-state index in [0.717, 1.165) is 19.3 Å². The zero-order chi connectivity index (χ0) is 20.2. The van der Waals surface area contributed by atoms with E-state index in [9.17, 15) is 14.4 Å². The maximum atomic E-state index is 11.8. The first-order chi connectivity index (χ1) is 12.8. The minimum absolute atomic E-state index is 0.198. The number of amides is 2. The number of carbonyl (C=O) groups excluding carboxylic acids is 3. The molecule has 1 aliphatic rings. The lowest BCUT2D eigenvalue weighted by molar-refractivity contribution is -0.177. The summed E-state index contributed by atoms with van der Waals surface area (Å²) in [4.78, 5) is 35.8. The molecule has 7 heteroatoms. The molecular weight excluding hydrogens is 350 g/mol. The Kier molecular flexibility index (Phi) is 10.9. The maximum Gasteiger partial charge on any atom is 0.308 e. The largest absolute Gasteiger partial charge is 0.436 e. The van der Waals surface area contributed by atoms with E-state index in [-0.39, 0.29) is 30.8 Å². The van der Waals surface area contributed by atoms with Gasteiger partial charge in [-0.05, 0) is 44.4 Å². The average Bonchev–Trinajstić information content (AvgIpc) is 2.95. The molecule has 0 radical (unpaired) electrons. The molecule has 3 unspecified atom stereocenters. The molecule has 27 heavy (non-hydrogen) atoms. The van der Waals surface area contributed by atoms with Gasteiger partial charge in [0.25, 0.3) is 11.8 Å². The first-order valence-corrected chi connectivity index (χ1v) is 9.79. The van der Waals surface area contributed by atoms with Gasteiger partial charge in [-0.15, -0.1) is 0 Å². The molecule has 2 amide bonds. The van der Waals surface area contributed by atoms with Crippen LogP contribution in [0, 0.1) is 11.8 Å². The molecule has 1 N–H and O–H groups in total. The van der Waals surface area contributed by atoms with Gasteiger partial charge in [0.15, 0.2) is 6.29 Å². The van der Waals surface area contributed by atoms with Crippen LogP contribution in [0.15, 0.2) is 12.2 Å². The van der Waals surface area contributed by atoms with Crippen LogP contribution in [-0.4, -0.2) is 53.8 Å². The smallest absolute Gasteiger partial charge is 0.308 e. The van der Waals surface area contributed by atoms with Gasteiger partial charge < -0.3 is 14.6 Å². The fourth-order valence-electron chi connectivity index (χ4n) is 2.69. The van der Waals surface area contributed by atoms with Crippen molar-refractivity contribution in [2.24, 2.45) is 11.8 Å². The zero-order valence-electron chi connectivity index (χ0n) is 16.7. The Morgan fingerprint density at radius 2 is 1.67 bits per heavy atom. The maximum absolute atomic E-state index is 11.8. The van der Waals surface area contributed by atoms with Gasteiger partial charge in [0.05, 0.1) is 6.61 Å². The SMILES string of the molecule is CC(CO)CCC(C)COC(C)OC(=O)CCCCCN1C(=O)C=CC1=O. The van der Waals surface area contributed by atoms with E-state index >= 15 is 0 Å². The number of ether oxygens (including phenoxy) is 2. The summed E-state index contributed by atoms with van der Waals surface area (Å²) < 4.78 is 10.8. The lowest BCUT2D eigenvalue weighted by Crippen LogP contribution is -2.30. The van der Waals surface area contributed by atoms with Crippen LogP contribution in [-0.2, 0) is 23.9 Å². The van der Waals surface area contributed by atoms with Gasteiger partial charge in [-0.25, -0.2) is 0 Å². The van der Waals surface area contributed by atoms with E-state index in [2.05, 4.69) is 6.92 Å². The molecule has 0 aromatic heterocycles. The third kappa shape index (κ3) is 9.68. The number of nitrogens with zero attached hydrogens (tertiary/aromatic N) is 1. The summed E-state index contributed by atoms with van der Waals surface area (Å²) in [6, 6.07) is 0. The summed E-state index contributed by atoms with van der Waals surface area (Å²) in [6.45, 7) is 6.88. The molecular formula is C20H33NO6. The lowest BCUT2D eigenvalue weighted by atomic mass is 9.99. The van der Waals surface area contributed by atoms with Gasteiger partial charge in [-0.2, -0.15) is 0 Å². The third-order valence-corrected chi connectivity index (χ3v) is 4.54. The summed E-state index contributed by atoms with van der Waals surface area (Å²) in [6.07, 6.45) is 6.21. The highest BCUT2D eigenvalue weighted by atomic mass is 16.7. The van der Waals surface area contributed by atoms with Crippen LogP contribution in [0.3, 0.4) is 0 Å². The Morgan fingerprint density at radius 1 is 1.04 bits per heavy atom. The van der Waals surface area contributed by atoms with Crippen molar-refractivity contribution in [2.45, 2.75) is 65.6 Å². The normalized spacial score (nSPS) is 17.3. The number of hydrogen-bond donors (Lipinski definition) is 1. The molecule has 7 nitrogen and oxygen atoms in total. The number of unbranched alkanes of at least 4 members (excludes halogenated alkanes) is 2. The predicted octanol–water partition coefficient (Wildman–Crippen LogP) is 2.42. The predicted molar refractivity (Wildman–Crippen MR) is 100 cm³/mol. The van der Waals surface area contributed by atoms with Crippen molar-refractivity contribution >= 4 is 17.8 Å². The molecule has 0 aromatic carbocycles. The lowest BCUT2D eigenvalue weighted by Gasteiger charge is -2.18. The van der Waals surface area contributed by atoms with Gasteiger partial charge >= 0.3 is 5.97 Å². The number of hydrogen-bond acceptors (Lipinski definition) is 6. The van der Waals surface area contributed by atoms with Crippen LogP contribution in [0.1, 0.15) is 59.3 Å². The van der Waals surface area contributed by atoms with E-state index in [1.165, 1.54) is 17.1 Å². The van der Waals surface area contributed by atoms with Crippen molar-refractivity contribution < 1.29 is 29.0 Å².